The Hall–Kier alpha value is -0.0800. The van der Waals surface area contributed by atoms with Crippen LogP contribution in [0.5, 0.6) is 0 Å². The lowest BCUT2D eigenvalue weighted by atomic mass is 10.5. The first-order valence-electron chi connectivity index (χ1n) is 2.81. The van der Waals surface area contributed by atoms with E-state index in [0.717, 1.165) is 26.1 Å². The van der Waals surface area contributed by atoms with Crippen LogP contribution in [0.2, 0.25) is 0 Å². The third kappa shape index (κ3) is 1.90. The molecule has 2 heteroatoms. The summed E-state index contributed by atoms with van der Waals surface area (Å²) in [4.78, 5) is 5.14. The molecule has 0 unspecified atom stereocenters. The van der Waals surface area contributed by atoms with E-state index in [0.29, 0.717) is 0 Å². The number of rotatable bonds is 3. The fourth-order valence-electron chi connectivity index (χ4n) is 0.390. The molecular formula is C5H11NO. The van der Waals surface area contributed by atoms with Crippen molar-refractivity contribution in [3.05, 3.63) is 0 Å². The van der Waals surface area contributed by atoms with Gasteiger partial charge in [0.15, 0.2) is 0 Å². The van der Waals surface area contributed by atoms with Gasteiger partial charge in [0, 0.05) is 13.1 Å². The van der Waals surface area contributed by atoms with Gasteiger partial charge in [-0.2, -0.15) is 5.06 Å². The van der Waals surface area contributed by atoms with Crippen molar-refractivity contribution in [3.63, 3.8) is 0 Å². The minimum Gasteiger partial charge on any atom is -0.299 e. The third-order valence-electron chi connectivity index (χ3n) is 0.884. The summed E-state index contributed by atoms with van der Waals surface area (Å²) < 4.78 is 0. The molecule has 1 saturated heterocycles. The minimum absolute atomic E-state index is 0.889. The minimum atomic E-state index is 0.889. The van der Waals surface area contributed by atoms with Crippen molar-refractivity contribution < 1.29 is 4.84 Å². The summed E-state index contributed by atoms with van der Waals surface area (Å²) in [5.74, 6) is 0. The molecule has 7 heavy (non-hydrogen) atoms. The molecule has 0 atom stereocenters. The van der Waals surface area contributed by atoms with E-state index in [1.807, 2.05) is 5.06 Å². The van der Waals surface area contributed by atoms with Crippen molar-refractivity contribution in [2.24, 2.45) is 0 Å². The summed E-state index contributed by atoms with van der Waals surface area (Å²) in [6.45, 7) is 5.28. The van der Waals surface area contributed by atoms with Crippen molar-refractivity contribution in [2.45, 2.75) is 13.3 Å². The molecule has 0 aromatic rings. The third-order valence-corrected chi connectivity index (χ3v) is 0.884. The lowest BCUT2D eigenvalue weighted by Crippen LogP contribution is -1.98. The fourth-order valence-corrected chi connectivity index (χ4v) is 0.390. The van der Waals surface area contributed by atoms with E-state index in [-0.39, 0.29) is 0 Å². The Morgan fingerprint density at radius 2 is 2.29 bits per heavy atom. The average molecular weight is 101 g/mol. The highest BCUT2D eigenvalue weighted by molar-refractivity contribution is 4.59. The summed E-state index contributed by atoms with van der Waals surface area (Å²) in [6, 6.07) is 0. The zero-order valence-electron chi connectivity index (χ0n) is 4.68. The molecule has 2 nitrogen and oxygen atoms in total. The van der Waals surface area contributed by atoms with E-state index in [1.165, 1.54) is 0 Å². The van der Waals surface area contributed by atoms with Gasteiger partial charge in [0.2, 0.25) is 0 Å². The SMILES string of the molecule is CCCON1CC1. The summed E-state index contributed by atoms with van der Waals surface area (Å²) in [6.07, 6.45) is 1.12. The lowest BCUT2D eigenvalue weighted by molar-refractivity contribution is -0.0635. The Labute approximate surface area is 44.0 Å². The Morgan fingerprint density at radius 3 is 2.71 bits per heavy atom. The molecule has 0 spiro atoms. The normalized spacial score (nSPS) is 20.1. The summed E-state index contributed by atoms with van der Waals surface area (Å²) >= 11 is 0. The molecule has 42 valence electrons. The van der Waals surface area contributed by atoms with Crippen LogP contribution in [0.25, 0.3) is 0 Å². The van der Waals surface area contributed by atoms with Gasteiger partial charge in [0.05, 0.1) is 6.61 Å². The highest BCUT2D eigenvalue weighted by Gasteiger charge is 2.16. The molecule has 0 saturated carbocycles. The highest BCUT2D eigenvalue weighted by atomic mass is 16.7. The van der Waals surface area contributed by atoms with Crippen LogP contribution in [-0.2, 0) is 4.84 Å². The van der Waals surface area contributed by atoms with Crippen LogP contribution < -0.4 is 0 Å². The van der Waals surface area contributed by atoms with Crippen LogP contribution in [0, 0.1) is 0 Å². The van der Waals surface area contributed by atoms with Crippen LogP contribution in [0.4, 0.5) is 0 Å². The van der Waals surface area contributed by atoms with Crippen molar-refractivity contribution in [3.8, 4) is 0 Å². The first-order valence-corrected chi connectivity index (χ1v) is 2.81. The monoisotopic (exact) mass is 101 g/mol. The predicted octanol–water partition coefficient (Wildman–Crippen LogP) is 0.644. The van der Waals surface area contributed by atoms with Gasteiger partial charge in [-0.3, -0.25) is 4.84 Å². The van der Waals surface area contributed by atoms with Crippen LogP contribution in [0.15, 0.2) is 0 Å². The van der Waals surface area contributed by atoms with E-state index in [1.54, 1.807) is 0 Å². The molecule has 1 heterocycles. The van der Waals surface area contributed by atoms with Crippen molar-refractivity contribution >= 4 is 0 Å². The first kappa shape index (κ1) is 5.06. The van der Waals surface area contributed by atoms with Gasteiger partial charge in [-0.15, -0.1) is 0 Å². The van der Waals surface area contributed by atoms with Gasteiger partial charge in [-0.25, -0.2) is 0 Å². The molecular weight excluding hydrogens is 90.1 g/mol. The van der Waals surface area contributed by atoms with Crippen molar-refractivity contribution in [2.75, 3.05) is 19.7 Å². The second-order valence-corrected chi connectivity index (χ2v) is 1.76. The van der Waals surface area contributed by atoms with E-state index in [9.17, 15) is 0 Å². The van der Waals surface area contributed by atoms with Crippen molar-refractivity contribution in [1.82, 2.24) is 5.06 Å². The fraction of sp³-hybridized carbons (Fsp3) is 1.00. The summed E-state index contributed by atoms with van der Waals surface area (Å²) in [5, 5.41) is 1.96. The zero-order chi connectivity index (χ0) is 5.11. The molecule has 1 rings (SSSR count). The molecule has 0 aliphatic carbocycles. The maximum atomic E-state index is 5.14. The molecule has 0 bridgehead atoms. The van der Waals surface area contributed by atoms with E-state index >= 15 is 0 Å². The Bertz CT molecular complexity index is 52.0. The standard InChI is InChI=1S/C5H11NO/c1-2-5-7-6-3-4-6/h2-5H2,1H3. The lowest BCUT2D eigenvalue weighted by Gasteiger charge is -1.96. The highest BCUT2D eigenvalue weighted by Crippen LogP contribution is 2.02. The topological polar surface area (TPSA) is 12.2 Å². The number of hydroxylamine groups is 2. The van der Waals surface area contributed by atoms with Gasteiger partial charge in [-0.05, 0) is 6.42 Å². The van der Waals surface area contributed by atoms with Gasteiger partial charge in [0.1, 0.15) is 0 Å². The van der Waals surface area contributed by atoms with E-state index in [2.05, 4.69) is 6.92 Å². The zero-order valence-corrected chi connectivity index (χ0v) is 4.68. The van der Waals surface area contributed by atoms with E-state index < -0.39 is 0 Å². The Balaban J connectivity index is 1.80. The largest absolute Gasteiger partial charge is 0.299 e. The quantitative estimate of drug-likeness (QED) is 0.484. The second-order valence-electron chi connectivity index (χ2n) is 1.76. The van der Waals surface area contributed by atoms with E-state index in [4.69, 9.17) is 4.84 Å². The predicted molar refractivity (Wildman–Crippen MR) is 27.8 cm³/mol. The number of nitrogens with zero attached hydrogens (tertiary/aromatic N) is 1. The van der Waals surface area contributed by atoms with Gasteiger partial charge in [0.25, 0.3) is 0 Å². The number of hydrogen-bond donors (Lipinski definition) is 0. The van der Waals surface area contributed by atoms with Gasteiger partial charge >= 0.3 is 0 Å². The summed E-state index contributed by atoms with van der Waals surface area (Å²) in [5.41, 5.74) is 0. The summed E-state index contributed by atoms with van der Waals surface area (Å²) in [7, 11) is 0. The molecule has 1 aliphatic heterocycles. The van der Waals surface area contributed by atoms with Gasteiger partial charge < -0.3 is 0 Å². The Kier molecular flexibility index (Phi) is 1.65. The molecule has 0 N–H and O–H groups in total. The van der Waals surface area contributed by atoms with Crippen molar-refractivity contribution in [1.29, 1.82) is 0 Å². The van der Waals surface area contributed by atoms with Gasteiger partial charge in [-0.1, -0.05) is 6.92 Å². The van der Waals surface area contributed by atoms with Crippen LogP contribution in [0.3, 0.4) is 0 Å². The molecule has 0 amide bonds. The molecule has 0 aromatic heterocycles. The molecule has 1 fully saturated rings. The maximum Gasteiger partial charge on any atom is 0.0682 e. The first-order chi connectivity index (χ1) is 3.43. The maximum absolute atomic E-state index is 5.14. The van der Waals surface area contributed by atoms with Crippen LogP contribution in [-0.4, -0.2) is 24.8 Å². The molecule has 0 aromatic carbocycles. The van der Waals surface area contributed by atoms with Crippen LogP contribution in [0.1, 0.15) is 13.3 Å². The second kappa shape index (κ2) is 2.28. The number of hydrogen-bond acceptors (Lipinski definition) is 2. The average Bonchev–Trinajstić information content (AvgIpc) is 2.42. The van der Waals surface area contributed by atoms with Crippen LogP contribution >= 0.6 is 0 Å². The Morgan fingerprint density at radius 1 is 1.57 bits per heavy atom. The molecule has 1 aliphatic rings. The smallest absolute Gasteiger partial charge is 0.0682 e. The molecule has 0 radical (unpaired) electrons.